The molecule has 2 heterocycles. The summed E-state index contributed by atoms with van der Waals surface area (Å²) in [5.74, 6) is -0.152. The number of rotatable bonds is 15. The summed E-state index contributed by atoms with van der Waals surface area (Å²) in [6, 6.07) is 9.95. The molecule has 2 aromatic rings. The van der Waals surface area contributed by atoms with Gasteiger partial charge in [-0.1, -0.05) is 38.8 Å². The number of benzene rings is 1. The van der Waals surface area contributed by atoms with Crippen LogP contribution in [-0.2, 0) is 4.79 Å². The molecule has 1 amide bonds. The molecule has 0 radical (unpaired) electrons. The molecule has 1 aliphatic heterocycles. The number of aliphatic hydroxyl groups is 1. The van der Waals surface area contributed by atoms with Crippen LogP contribution in [0.3, 0.4) is 0 Å². The number of ether oxygens (including phenoxy) is 1. The van der Waals surface area contributed by atoms with E-state index in [4.69, 9.17) is 9.15 Å². The van der Waals surface area contributed by atoms with E-state index in [9.17, 15) is 14.7 Å². The Labute approximate surface area is 214 Å². The fourth-order valence-corrected chi connectivity index (χ4v) is 4.66. The van der Waals surface area contributed by atoms with Gasteiger partial charge in [-0.05, 0) is 82.6 Å². The van der Waals surface area contributed by atoms with Crippen LogP contribution in [0.5, 0.6) is 5.75 Å². The Morgan fingerprint density at radius 3 is 2.36 bits per heavy atom. The summed E-state index contributed by atoms with van der Waals surface area (Å²) >= 11 is 0. The number of carbonyl (C=O) groups is 2. The first-order valence-electron chi connectivity index (χ1n) is 13.2. The van der Waals surface area contributed by atoms with Gasteiger partial charge in [0.25, 0.3) is 5.91 Å². The average Bonchev–Trinajstić information content (AvgIpc) is 3.42. The van der Waals surface area contributed by atoms with Crippen molar-refractivity contribution >= 4 is 11.7 Å². The number of aryl methyl sites for hydroxylation is 1. The van der Waals surface area contributed by atoms with E-state index in [1.54, 1.807) is 24.0 Å². The van der Waals surface area contributed by atoms with Gasteiger partial charge in [-0.25, -0.2) is 0 Å². The van der Waals surface area contributed by atoms with Gasteiger partial charge in [-0.15, -0.1) is 0 Å². The van der Waals surface area contributed by atoms with E-state index in [0.717, 1.165) is 57.3 Å². The molecule has 0 saturated carbocycles. The smallest absolute Gasteiger partial charge is 0.290 e. The first-order chi connectivity index (χ1) is 17.4. The number of nitrogens with zero attached hydrogens (tertiary/aromatic N) is 2. The Morgan fingerprint density at radius 2 is 1.75 bits per heavy atom. The van der Waals surface area contributed by atoms with Crippen LogP contribution in [-0.4, -0.2) is 59.4 Å². The second-order valence-corrected chi connectivity index (χ2v) is 9.31. The molecular weight excluding hydrogens is 456 g/mol. The zero-order valence-electron chi connectivity index (χ0n) is 22.1. The lowest BCUT2D eigenvalue weighted by molar-refractivity contribution is -0.129. The lowest BCUT2D eigenvalue weighted by Gasteiger charge is -2.28. The summed E-state index contributed by atoms with van der Waals surface area (Å²) < 4.78 is 11.2. The van der Waals surface area contributed by atoms with Crippen LogP contribution in [0.2, 0.25) is 0 Å². The summed E-state index contributed by atoms with van der Waals surface area (Å²) in [5.41, 5.74) is 0.774. The lowest BCUT2D eigenvalue weighted by atomic mass is 9.95. The van der Waals surface area contributed by atoms with Crippen LogP contribution in [0.1, 0.15) is 80.8 Å². The number of aliphatic hydroxyl groups excluding tert-OH is 1. The molecule has 196 valence electrons. The topological polar surface area (TPSA) is 83.2 Å². The van der Waals surface area contributed by atoms with Crippen molar-refractivity contribution in [1.82, 2.24) is 9.80 Å². The van der Waals surface area contributed by atoms with E-state index in [0.29, 0.717) is 24.7 Å². The number of unbranched alkanes of at least 4 members (excludes halogenated alkanes) is 2. The number of carbonyl (C=O) groups excluding carboxylic acids is 2. The maximum Gasteiger partial charge on any atom is 0.290 e. The molecule has 1 aromatic carbocycles. The van der Waals surface area contributed by atoms with Gasteiger partial charge < -0.3 is 24.1 Å². The van der Waals surface area contributed by atoms with Crippen molar-refractivity contribution in [1.29, 1.82) is 0 Å². The van der Waals surface area contributed by atoms with E-state index in [1.165, 1.54) is 0 Å². The van der Waals surface area contributed by atoms with Gasteiger partial charge in [0.1, 0.15) is 11.5 Å². The number of Topliss-reactive ketones (excluding diaryl/α,β-unsaturated/α-hetero) is 1. The Kier molecular flexibility index (Phi) is 10.2. The van der Waals surface area contributed by atoms with Gasteiger partial charge in [0, 0.05) is 6.54 Å². The predicted molar refractivity (Wildman–Crippen MR) is 140 cm³/mol. The van der Waals surface area contributed by atoms with Crippen molar-refractivity contribution < 1.29 is 23.8 Å². The molecule has 0 saturated heterocycles. The third kappa shape index (κ3) is 6.58. The number of ketones is 1. The van der Waals surface area contributed by atoms with Gasteiger partial charge in [0.2, 0.25) is 5.78 Å². The molecule has 0 spiro atoms. The molecule has 7 heteroatoms. The van der Waals surface area contributed by atoms with Crippen LogP contribution >= 0.6 is 0 Å². The molecule has 0 bridgehead atoms. The van der Waals surface area contributed by atoms with E-state index in [1.807, 2.05) is 31.2 Å². The van der Waals surface area contributed by atoms with Crippen molar-refractivity contribution in [2.45, 2.75) is 65.8 Å². The normalized spacial score (nSPS) is 15.9. The molecule has 36 heavy (non-hydrogen) atoms. The van der Waals surface area contributed by atoms with Crippen LogP contribution in [0.25, 0.3) is 0 Å². The number of amides is 1. The largest absolute Gasteiger partial charge is 0.503 e. The van der Waals surface area contributed by atoms with Gasteiger partial charge in [0.15, 0.2) is 11.5 Å². The Morgan fingerprint density at radius 1 is 1.06 bits per heavy atom. The number of hydrogen-bond acceptors (Lipinski definition) is 6. The molecule has 7 nitrogen and oxygen atoms in total. The molecule has 1 N–H and O–H groups in total. The van der Waals surface area contributed by atoms with Crippen LogP contribution in [0, 0.1) is 6.92 Å². The highest BCUT2D eigenvalue weighted by molar-refractivity contribution is 6.15. The van der Waals surface area contributed by atoms with Gasteiger partial charge in [-0.2, -0.15) is 0 Å². The molecule has 3 rings (SSSR count). The Balaban J connectivity index is 1.88. The summed E-state index contributed by atoms with van der Waals surface area (Å²) in [6.45, 7) is 11.9. The van der Waals surface area contributed by atoms with Crippen LogP contribution in [0.4, 0.5) is 0 Å². The average molecular weight is 497 g/mol. The summed E-state index contributed by atoms with van der Waals surface area (Å²) in [5, 5.41) is 10.9. The maximum atomic E-state index is 13.4. The van der Waals surface area contributed by atoms with Crippen molar-refractivity contribution in [3.05, 3.63) is 64.8 Å². The van der Waals surface area contributed by atoms with Crippen molar-refractivity contribution in [3.63, 3.8) is 0 Å². The Bertz CT molecular complexity index is 1050. The zero-order chi connectivity index (χ0) is 26.1. The van der Waals surface area contributed by atoms with Crippen molar-refractivity contribution in [3.8, 4) is 5.75 Å². The first kappa shape index (κ1) is 27.5. The summed E-state index contributed by atoms with van der Waals surface area (Å²) in [6.07, 6.45) is 5.31. The van der Waals surface area contributed by atoms with Crippen molar-refractivity contribution in [2.24, 2.45) is 0 Å². The minimum atomic E-state index is -0.712. The number of hydrogen-bond donors (Lipinski definition) is 1. The van der Waals surface area contributed by atoms with E-state index in [-0.39, 0.29) is 11.3 Å². The third-order valence-electron chi connectivity index (χ3n) is 6.53. The zero-order valence-corrected chi connectivity index (χ0v) is 22.1. The first-order valence-corrected chi connectivity index (χ1v) is 13.2. The highest BCUT2D eigenvalue weighted by Crippen LogP contribution is 2.40. The predicted octanol–water partition coefficient (Wildman–Crippen LogP) is 5.86. The summed E-state index contributed by atoms with van der Waals surface area (Å²) in [7, 11) is 0. The highest BCUT2D eigenvalue weighted by atomic mass is 16.5. The van der Waals surface area contributed by atoms with Gasteiger partial charge in [0.05, 0.1) is 18.2 Å². The van der Waals surface area contributed by atoms with Gasteiger partial charge in [-0.3, -0.25) is 9.59 Å². The molecule has 1 aromatic heterocycles. The fraction of sp³-hybridized carbons (Fsp3) is 0.517. The van der Waals surface area contributed by atoms with Crippen molar-refractivity contribution in [2.75, 3.05) is 32.8 Å². The lowest BCUT2D eigenvalue weighted by Crippen LogP contribution is -2.35. The molecule has 1 aliphatic rings. The molecule has 0 unspecified atom stereocenters. The molecule has 1 atom stereocenters. The fourth-order valence-electron chi connectivity index (χ4n) is 4.66. The maximum absolute atomic E-state index is 13.4. The highest BCUT2D eigenvalue weighted by Gasteiger charge is 2.44. The third-order valence-corrected chi connectivity index (χ3v) is 6.53. The van der Waals surface area contributed by atoms with E-state index in [2.05, 4.69) is 18.7 Å². The second kappa shape index (κ2) is 13.3. The minimum absolute atomic E-state index is 0.0526. The monoisotopic (exact) mass is 496 g/mol. The Hall–Kier alpha value is -3.06. The standard InChI is InChI=1S/C29H40N2O5/c1-5-8-16-30(17-9-6-2)18-11-19-31-26(22-12-10-13-23(20-22)35-7-3)25(28(33)29(31)34)27(32)24-15-14-21(4)36-24/h10,12-15,20,26,33H,5-9,11,16-19H2,1-4H3/t26-/m0/s1. The number of furan rings is 1. The van der Waals surface area contributed by atoms with E-state index >= 15 is 0 Å². The summed E-state index contributed by atoms with van der Waals surface area (Å²) in [4.78, 5) is 30.8. The van der Waals surface area contributed by atoms with Crippen LogP contribution < -0.4 is 4.74 Å². The molecule has 0 fully saturated rings. The second-order valence-electron chi connectivity index (χ2n) is 9.31. The quantitative estimate of drug-likeness (QED) is 0.311. The molecular formula is C29H40N2O5. The molecule has 0 aliphatic carbocycles. The van der Waals surface area contributed by atoms with Gasteiger partial charge >= 0.3 is 0 Å². The van der Waals surface area contributed by atoms with Crippen LogP contribution in [0.15, 0.2) is 52.1 Å². The van der Waals surface area contributed by atoms with E-state index < -0.39 is 23.5 Å². The SMILES string of the molecule is CCCCN(CCCC)CCCN1C(=O)C(O)=C(C(=O)c2ccc(C)o2)[C@@H]1c1cccc(OCC)c1. The minimum Gasteiger partial charge on any atom is -0.503 e.